The fraction of sp³-hybridized carbons (Fsp3) is 0.733. The maximum Gasteiger partial charge on any atom is 0.232 e. The van der Waals surface area contributed by atoms with Crippen LogP contribution in [0.3, 0.4) is 0 Å². The van der Waals surface area contributed by atoms with E-state index in [0.29, 0.717) is 6.61 Å². The Kier molecular flexibility index (Phi) is 4.03. The van der Waals surface area contributed by atoms with Crippen LogP contribution in [0.4, 0.5) is 0 Å². The van der Waals surface area contributed by atoms with Crippen molar-refractivity contribution in [2.75, 3.05) is 33.8 Å². The van der Waals surface area contributed by atoms with E-state index in [1.807, 2.05) is 21.0 Å². The highest BCUT2D eigenvalue weighted by molar-refractivity contribution is 7.09. The minimum atomic E-state index is -0.354. The van der Waals surface area contributed by atoms with Crippen LogP contribution in [0.1, 0.15) is 23.5 Å². The maximum atomic E-state index is 12.7. The van der Waals surface area contributed by atoms with Gasteiger partial charge in [-0.05, 0) is 19.8 Å². The van der Waals surface area contributed by atoms with Crippen LogP contribution in [0, 0.1) is 12.3 Å². The zero-order valence-corrected chi connectivity index (χ0v) is 13.8. The molecule has 2 fully saturated rings. The summed E-state index contributed by atoms with van der Waals surface area (Å²) in [5, 5.41) is 3.22. The van der Waals surface area contributed by atoms with E-state index in [4.69, 9.17) is 4.74 Å². The van der Waals surface area contributed by atoms with Crippen molar-refractivity contribution < 1.29 is 9.53 Å². The Morgan fingerprint density at radius 1 is 1.62 bits per heavy atom. The fourth-order valence-electron chi connectivity index (χ4n) is 3.62. The van der Waals surface area contributed by atoms with Crippen LogP contribution in [0.2, 0.25) is 0 Å². The third kappa shape index (κ3) is 2.72. The summed E-state index contributed by atoms with van der Waals surface area (Å²) >= 11 is 1.69. The monoisotopic (exact) mass is 309 g/mol. The van der Waals surface area contributed by atoms with Crippen LogP contribution in [-0.4, -0.2) is 60.6 Å². The van der Waals surface area contributed by atoms with Crippen molar-refractivity contribution in [3.63, 3.8) is 0 Å². The van der Waals surface area contributed by atoms with Gasteiger partial charge in [0.15, 0.2) is 0 Å². The number of carbonyl (C=O) groups excluding carboxylic acids is 1. The van der Waals surface area contributed by atoms with E-state index in [0.717, 1.165) is 43.2 Å². The summed E-state index contributed by atoms with van der Waals surface area (Å²) in [4.78, 5) is 21.3. The molecule has 3 rings (SSSR count). The average Bonchev–Trinajstić information content (AvgIpc) is 3.04. The molecule has 0 N–H and O–H groups in total. The zero-order valence-electron chi connectivity index (χ0n) is 13.0. The summed E-state index contributed by atoms with van der Waals surface area (Å²) in [6.45, 7) is 5.32. The summed E-state index contributed by atoms with van der Waals surface area (Å²) in [7, 11) is 3.68. The van der Waals surface area contributed by atoms with Crippen molar-refractivity contribution in [1.82, 2.24) is 14.8 Å². The van der Waals surface area contributed by atoms with Crippen LogP contribution in [-0.2, 0) is 16.1 Å². The first-order chi connectivity index (χ1) is 10.0. The van der Waals surface area contributed by atoms with Crippen molar-refractivity contribution >= 4 is 17.2 Å². The number of ether oxygens (including phenoxy) is 1. The first-order valence-electron chi connectivity index (χ1n) is 7.48. The molecule has 1 amide bonds. The highest BCUT2D eigenvalue weighted by Gasteiger charge is 2.53. The lowest BCUT2D eigenvalue weighted by Gasteiger charge is -2.43. The topological polar surface area (TPSA) is 45.7 Å². The second kappa shape index (κ2) is 5.66. The van der Waals surface area contributed by atoms with E-state index < -0.39 is 0 Å². The Balaban J connectivity index is 1.76. The molecule has 2 aliphatic rings. The molecule has 0 radical (unpaired) electrons. The number of amides is 1. The summed E-state index contributed by atoms with van der Waals surface area (Å²) in [5.74, 6) is 0.212. The third-order valence-corrected chi connectivity index (χ3v) is 5.40. The van der Waals surface area contributed by atoms with Gasteiger partial charge < -0.3 is 9.64 Å². The second-order valence-corrected chi connectivity index (χ2v) is 7.38. The number of aromatic nitrogens is 1. The van der Waals surface area contributed by atoms with E-state index in [1.165, 1.54) is 0 Å². The van der Waals surface area contributed by atoms with Gasteiger partial charge in [0.05, 0.1) is 22.2 Å². The van der Waals surface area contributed by atoms with Gasteiger partial charge in [0, 0.05) is 45.7 Å². The maximum absolute atomic E-state index is 12.7. The van der Waals surface area contributed by atoms with Gasteiger partial charge >= 0.3 is 0 Å². The van der Waals surface area contributed by atoms with Gasteiger partial charge in [-0.3, -0.25) is 9.69 Å². The van der Waals surface area contributed by atoms with Crippen molar-refractivity contribution in [3.8, 4) is 0 Å². The number of nitrogens with zero attached hydrogens (tertiary/aromatic N) is 3. The molecule has 0 unspecified atom stereocenters. The molecule has 2 atom stereocenters. The van der Waals surface area contributed by atoms with E-state index in [-0.39, 0.29) is 17.4 Å². The Labute approximate surface area is 129 Å². The van der Waals surface area contributed by atoms with Gasteiger partial charge in [0.1, 0.15) is 0 Å². The summed E-state index contributed by atoms with van der Waals surface area (Å²) in [6.07, 6.45) is 1.85. The van der Waals surface area contributed by atoms with Gasteiger partial charge in [-0.1, -0.05) is 0 Å². The van der Waals surface area contributed by atoms with E-state index >= 15 is 0 Å². The van der Waals surface area contributed by atoms with E-state index in [9.17, 15) is 4.79 Å². The number of hydrogen-bond donors (Lipinski definition) is 0. The SMILES string of the molecule is Cc1nc(CN2CC[C@H]3OCC[C@@]3(C(=O)N(C)C)C2)cs1. The molecule has 0 aliphatic carbocycles. The highest BCUT2D eigenvalue weighted by atomic mass is 32.1. The molecular weight excluding hydrogens is 286 g/mol. The summed E-state index contributed by atoms with van der Waals surface area (Å²) in [5.41, 5.74) is 0.759. The predicted octanol–water partition coefficient (Wildman–Crippen LogP) is 1.52. The zero-order chi connectivity index (χ0) is 15.0. The molecule has 1 aromatic heterocycles. The Bertz CT molecular complexity index is 531. The molecule has 3 heterocycles. The lowest BCUT2D eigenvalue weighted by atomic mass is 9.75. The number of aryl methyl sites for hydroxylation is 1. The van der Waals surface area contributed by atoms with E-state index in [2.05, 4.69) is 15.3 Å². The molecule has 2 saturated heterocycles. The molecule has 2 aliphatic heterocycles. The Hall–Kier alpha value is -0.980. The number of likely N-dealkylation sites (tertiary alicyclic amines) is 1. The molecule has 6 heteroatoms. The largest absolute Gasteiger partial charge is 0.377 e. The molecule has 0 aromatic carbocycles. The van der Waals surface area contributed by atoms with Crippen molar-refractivity contribution in [1.29, 1.82) is 0 Å². The van der Waals surface area contributed by atoms with Gasteiger partial charge in [-0.15, -0.1) is 11.3 Å². The lowest BCUT2D eigenvalue weighted by Crippen LogP contribution is -2.56. The van der Waals surface area contributed by atoms with Gasteiger partial charge in [0.25, 0.3) is 0 Å². The van der Waals surface area contributed by atoms with Gasteiger partial charge in [-0.2, -0.15) is 0 Å². The molecule has 1 aromatic rings. The normalized spacial score (nSPS) is 29.4. The standard InChI is InChI=1S/C15H23N3O2S/c1-11-16-12(9-21-11)8-18-6-4-13-15(10-18,5-7-20-13)14(19)17(2)3/h9,13H,4-8,10H2,1-3H3/t13-,15-/m1/s1. The summed E-state index contributed by atoms with van der Waals surface area (Å²) < 4.78 is 5.85. The fourth-order valence-corrected chi connectivity index (χ4v) is 4.23. The summed E-state index contributed by atoms with van der Waals surface area (Å²) in [6, 6.07) is 0. The van der Waals surface area contributed by atoms with E-state index in [1.54, 1.807) is 16.2 Å². The molecule has 0 spiro atoms. The van der Waals surface area contributed by atoms with Gasteiger partial charge in [-0.25, -0.2) is 4.98 Å². The smallest absolute Gasteiger partial charge is 0.232 e. The van der Waals surface area contributed by atoms with Crippen molar-refractivity contribution in [3.05, 3.63) is 16.1 Å². The minimum absolute atomic E-state index is 0.0841. The van der Waals surface area contributed by atoms with Crippen molar-refractivity contribution in [2.45, 2.75) is 32.4 Å². The van der Waals surface area contributed by atoms with Crippen LogP contribution < -0.4 is 0 Å². The molecule has 0 saturated carbocycles. The number of piperidine rings is 1. The average molecular weight is 309 g/mol. The molecular formula is C15H23N3O2S. The number of thiazole rings is 1. The van der Waals surface area contributed by atoms with Crippen LogP contribution in [0.15, 0.2) is 5.38 Å². The first-order valence-corrected chi connectivity index (χ1v) is 8.36. The van der Waals surface area contributed by atoms with Crippen molar-refractivity contribution in [2.24, 2.45) is 5.41 Å². The third-order valence-electron chi connectivity index (χ3n) is 4.58. The lowest BCUT2D eigenvalue weighted by molar-refractivity contribution is -0.148. The molecule has 116 valence electrons. The van der Waals surface area contributed by atoms with Crippen LogP contribution in [0.5, 0.6) is 0 Å². The molecule has 21 heavy (non-hydrogen) atoms. The molecule has 5 nitrogen and oxygen atoms in total. The van der Waals surface area contributed by atoms with Crippen LogP contribution >= 0.6 is 11.3 Å². The van der Waals surface area contributed by atoms with Crippen LogP contribution in [0.25, 0.3) is 0 Å². The number of carbonyl (C=O) groups is 1. The Morgan fingerprint density at radius 2 is 2.43 bits per heavy atom. The number of hydrogen-bond acceptors (Lipinski definition) is 5. The quantitative estimate of drug-likeness (QED) is 0.849. The first kappa shape index (κ1) is 14.9. The van der Waals surface area contributed by atoms with Gasteiger partial charge in [0.2, 0.25) is 5.91 Å². The highest BCUT2D eigenvalue weighted by Crippen LogP contribution is 2.42. The second-order valence-electron chi connectivity index (χ2n) is 6.32. The molecule has 0 bridgehead atoms. The number of fused-ring (bicyclic) bond motifs is 1. The number of rotatable bonds is 3. The predicted molar refractivity (Wildman–Crippen MR) is 82.2 cm³/mol. The minimum Gasteiger partial charge on any atom is -0.377 e. The Morgan fingerprint density at radius 3 is 3.10 bits per heavy atom.